The van der Waals surface area contributed by atoms with Crippen LogP contribution >= 0.6 is 0 Å². The lowest BCUT2D eigenvalue weighted by molar-refractivity contribution is 0.136. The van der Waals surface area contributed by atoms with Crippen LogP contribution in [0.4, 0.5) is 0 Å². The van der Waals surface area contributed by atoms with E-state index >= 15 is 0 Å². The number of aliphatic hydroxyl groups excluding tert-OH is 1. The van der Waals surface area contributed by atoms with Gasteiger partial charge in [0, 0.05) is 5.39 Å². The second kappa shape index (κ2) is 7.59. The lowest BCUT2D eigenvalue weighted by atomic mass is 10.1. The van der Waals surface area contributed by atoms with E-state index in [1.807, 2.05) is 55.6 Å². The van der Waals surface area contributed by atoms with E-state index in [9.17, 15) is 5.11 Å². The lowest BCUT2D eigenvalue weighted by Crippen LogP contribution is -2.26. The molecule has 0 radical (unpaired) electrons. The molecule has 1 N–H and O–H groups in total. The van der Waals surface area contributed by atoms with Crippen molar-refractivity contribution in [1.29, 1.82) is 0 Å². The summed E-state index contributed by atoms with van der Waals surface area (Å²) >= 11 is 0. The maximum Gasteiger partial charge on any atom is 0.134 e. The van der Waals surface area contributed by atoms with E-state index in [0.717, 1.165) is 33.8 Å². The maximum absolute atomic E-state index is 9.84. The highest BCUT2D eigenvalue weighted by molar-refractivity contribution is 5.79. The Hall–Kier alpha value is -2.50. The molecule has 1 heterocycles. The van der Waals surface area contributed by atoms with Gasteiger partial charge in [-0.1, -0.05) is 12.1 Å². The number of likely N-dealkylation sites (N-methyl/N-ethyl adjacent to an activating group) is 1. The SMILES string of the molecule is COc1ccc(C(CO)N(C)Cc2cc3cc(OC)ccc3o2)cc1. The number of hydrogen-bond acceptors (Lipinski definition) is 5. The Morgan fingerprint density at radius 2 is 1.68 bits per heavy atom. The van der Waals surface area contributed by atoms with E-state index in [0.29, 0.717) is 6.54 Å². The molecule has 0 aliphatic rings. The number of hydrogen-bond donors (Lipinski definition) is 1. The van der Waals surface area contributed by atoms with Crippen LogP contribution in [0, 0.1) is 0 Å². The molecular weight excluding hydrogens is 318 g/mol. The highest BCUT2D eigenvalue weighted by Crippen LogP contribution is 2.27. The second-order valence-electron chi connectivity index (χ2n) is 6.00. The topological polar surface area (TPSA) is 55.1 Å². The zero-order valence-electron chi connectivity index (χ0n) is 14.7. The van der Waals surface area contributed by atoms with Crippen LogP contribution < -0.4 is 9.47 Å². The van der Waals surface area contributed by atoms with Crippen molar-refractivity contribution in [2.75, 3.05) is 27.9 Å². The third-order valence-corrected chi connectivity index (χ3v) is 4.39. The van der Waals surface area contributed by atoms with Crippen LogP contribution in [0.2, 0.25) is 0 Å². The number of aliphatic hydroxyl groups is 1. The Bertz CT molecular complexity index is 825. The summed E-state index contributed by atoms with van der Waals surface area (Å²) in [6, 6.07) is 15.4. The van der Waals surface area contributed by atoms with E-state index in [4.69, 9.17) is 13.9 Å². The predicted molar refractivity (Wildman–Crippen MR) is 97.1 cm³/mol. The number of benzene rings is 2. The molecule has 3 aromatic rings. The number of rotatable bonds is 7. The van der Waals surface area contributed by atoms with Crippen molar-refractivity contribution < 1.29 is 19.0 Å². The highest BCUT2D eigenvalue weighted by Gasteiger charge is 2.18. The van der Waals surface area contributed by atoms with Crippen molar-refractivity contribution in [2.24, 2.45) is 0 Å². The number of furan rings is 1. The van der Waals surface area contributed by atoms with Gasteiger partial charge < -0.3 is 19.0 Å². The largest absolute Gasteiger partial charge is 0.497 e. The Kier molecular flexibility index (Phi) is 5.26. The van der Waals surface area contributed by atoms with Gasteiger partial charge in [-0.2, -0.15) is 0 Å². The van der Waals surface area contributed by atoms with Crippen molar-refractivity contribution >= 4 is 11.0 Å². The van der Waals surface area contributed by atoms with Gasteiger partial charge in [-0.25, -0.2) is 0 Å². The van der Waals surface area contributed by atoms with Crippen molar-refractivity contribution in [1.82, 2.24) is 4.90 Å². The molecule has 5 nitrogen and oxygen atoms in total. The third-order valence-electron chi connectivity index (χ3n) is 4.39. The summed E-state index contributed by atoms with van der Waals surface area (Å²) in [6.07, 6.45) is 0. The van der Waals surface area contributed by atoms with Crippen molar-refractivity contribution in [3.8, 4) is 11.5 Å². The summed E-state index contributed by atoms with van der Waals surface area (Å²) in [5, 5.41) is 10.8. The molecule has 1 unspecified atom stereocenters. The van der Waals surface area contributed by atoms with Crippen LogP contribution in [0.15, 0.2) is 52.9 Å². The maximum atomic E-state index is 9.84. The van der Waals surface area contributed by atoms with Gasteiger partial charge in [0.2, 0.25) is 0 Å². The normalized spacial score (nSPS) is 12.5. The Labute approximate surface area is 147 Å². The number of ether oxygens (including phenoxy) is 2. The van der Waals surface area contributed by atoms with Crippen LogP contribution in [0.5, 0.6) is 11.5 Å². The van der Waals surface area contributed by atoms with Gasteiger partial charge in [0.1, 0.15) is 22.8 Å². The molecule has 0 amide bonds. The zero-order chi connectivity index (χ0) is 17.8. The summed E-state index contributed by atoms with van der Waals surface area (Å²) in [5.74, 6) is 2.45. The van der Waals surface area contributed by atoms with E-state index in [-0.39, 0.29) is 12.6 Å². The fraction of sp³-hybridized carbons (Fsp3) is 0.300. The molecule has 1 atom stereocenters. The molecule has 0 bridgehead atoms. The van der Waals surface area contributed by atoms with Gasteiger partial charge >= 0.3 is 0 Å². The van der Waals surface area contributed by atoms with Crippen LogP contribution in [-0.4, -0.2) is 37.9 Å². The minimum Gasteiger partial charge on any atom is -0.497 e. The van der Waals surface area contributed by atoms with Crippen molar-refractivity contribution in [3.05, 3.63) is 59.9 Å². The van der Waals surface area contributed by atoms with E-state index in [1.165, 1.54) is 0 Å². The van der Waals surface area contributed by atoms with Crippen LogP contribution in [0.3, 0.4) is 0 Å². The summed E-state index contributed by atoms with van der Waals surface area (Å²) in [7, 11) is 5.26. The molecule has 5 heteroatoms. The van der Waals surface area contributed by atoms with Gasteiger partial charge in [0.15, 0.2) is 0 Å². The minimum atomic E-state index is -0.117. The average molecular weight is 341 g/mol. The summed E-state index contributed by atoms with van der Waals surface area (Å²) in [6.45, 7) is 0.616. The first-order valence-electron chi connectivity index (χ1n) is 8.16. The molecule has 25 heavy (non-hydrogen) atoms. The lowest BCUT2D eigenvalue weighted by Gasteiger charge is -2.26. The number of fused-ring (bicyclic) bond motifs is 1. The quantitative estimate of drug-likeness (QED) is 0.711. The molecule has 3 rings (SSSR count). The van der Waals surface area contributed by atoms with E-state index in [1.54, 1.807) is 14.2 Å². The van der Waals surface area contributed by atoms with Crippen molar-refractivity contribution in [2.45, 2.75) is 12.6 Å². The fourth-order valence-electron chi connectivity index (χ4n) is 2.96. The second-order valence-corrected chi connectivity index (χ2v) is 6.00. The molecule has 0 saturated heterocycles. The smallest absolute Gasteiger partial charge is 0.134 e. The summed E-state index contributed by atoms with van der Waals surface area (Å²) < 4.78 is 16.3. The number of nitrogens with zero attached hydrogens (tertiary/aromatic N) is 1. The monoisotopic (exact) mass is 341 g/mol. The van der Waals surface area contributed by atoms with E-state index in [2.05, 4.69) is 4.90 Å². The molecule has 0 spiro atoms. The minimum absolute atomic E-state index is 0.0247. The van der Waals surface area contributed by atoms with Crippen molar-refractivity contribution in [3.63, 3.8) is 0 Å². The summed E-state index contributed by atoms with van der Waals surface area (Å²) in [4.78, 5) is 2.07. The standard InChI is InChI=1S/C20H23NO4/c1-21(19(13-22)14-4-6-16(23-2)7-5-14)12-18-11-15-10-17(24-3)8-9-20(15)25-18/h4-11,19,22H,12-13H2,1-3H3. The molecule has 2 aromatic carbocycles. The molecular formula is C20H23NO4. The van der Waals surface area contributed by atoms with Gasteiger partial charge in [-0.15, -0.1) is 0 Å². The molecule has 0 saturated carbocycles. The molecule has 1 aromatic heterocycles. The predicted octanol–water partition coefficient (Wildman–Crippen LogP) is 3.62. The van der Waals surface area contributed by atoms with Crippen LogP contribution in [0.25, 0.3) is 11.0 Å². The zero-order valence-corrected chi connectivity index (χ0v) is 14.7. The Morgan fingerprint density at radius 3 is 2.32 bits per heavy atom. The first kappa shape index (κ1) is 17.3. The molecule has 0 aliphatic heterocycles. The third kappa shape index (κ3) is 3.78. The fourth-order valence-corrected chi connectivity index (χ4v) is 2.96. The van der Waals surface area contributed by atoms with Crippen LogP contribution in [0.1, 0.15) is 17.4 Å². The molecule has 0 aliphatic carbocycles. The van der Waals surface area contributed by atoms with Gasteiger partial charge in [0.25, 0.3) is 0 Å². The van der Waals surface area contributed by atoms with Crippen LogP contribution in [-0.2, 0) is 6.54 Å². The summed E-state index contributed by atoms with van der Waals surface area (Å²) in [5.41, 5.74) is 1.86. The molecule has 132 valence electrons. The first-order valence-corrected chi connectivity index (χ1v) is 8.16. The Balaban J connectivity index is 1.77. The average Bonchev–Trinajstić information content (AvgIpc) is 3.04. The number of methoxy groups -OCH3 is 2. The van der Waals surface area contributed by atoms with E-state index < -0.39 is 0 Å². The van der Waals surface area contributed by atoms with Gasteiger partial charge in [0.05, 0.1) is 33.4 Å². The molecule has 0 fully saturated rings. The highest BCUT2D eigenvalue weighted by atomic mass is 16.5. The first-order chi connectivity index (χ1) is 12.1. The van der Waals surface area contributed by atoms with Gasteiger partial charge in [-0.05, 0) is 49.0 Å². The Morgan fingerprint density at radius 1 is 1.00 bits per heavy atom. The van der Waals surface area contributed by atoms with Gasteiger partial charge in [-0.3, -0.25) is 4.90 Å².